The summed E-state index contributed by atoms with van der Waals surface area (Å²) in [6.07, 6.45) is 21.9. The van der Waals surface area contributed by atoms with Crippen molar-refractivity contribution in [3.8, 4) is 0 Å². The highest BCUT2D eigenvalue weighted by Crippen LogP contribution is 2.36. The van der Waals surface area contributed by atoms with Crippen LogP contribution in [-0.4, -0.2) is 82.6 Å². The van der Waals surface area contributed by atoms with Crippen molar-refractivity contribution in [2.24, 2.45) is 35.5 Å². The highest BCUT2D eigenvalue weighted by atomic mass is 16.6. The van der Waals surface area contributed by atoms with Gasteiger partial charge in [0.2, 0.25) is 5.79 Å². The number of aldehydes is 1. The van der Waals surface area contributed by atoms with E-state index in [1.54, 1.807) is 14.0 Å². The van der Waals surface area contributed by atoms with Crippen LogP contribution in [0.2, 0.25) is 0 Å². The molecule has 0 aromatic carbocycles. The van der Waals surface area contributed by atoms with E-state index in [4.69, 9.17) is 14.2 Å². The Kier molecular flexibility index (Phi) is 24.2. The number of hydrogen-bond donors (Lipinski definition) is 3. The van der Waals surface area contributed by atoms with Gasteiger partial charge in [0.15, 0.2) is 6.29 Å². The molecule has 0 spiro atoms. The Labute approximate surface area is 356 Å². The number of carbonyl (C=O) groups is 4. The van der Waals surface area contributed by atoms with Crippen molar-refractivity contribution in [2.75, 3.05) is 7.11 Å². The molecule has 2 aliphatic rings. The maximum atomic E-state index is 13.2. The molecule has 0 aromatic rings. The second kappa shape index (κ2) is 27.2. The molecule has 336 valence electrons. The average molecular weight is 829 g/mol. The van der Waals surface area contributed by atoms with Crippen LogP contribution in [0.25, 0.3) is 0 Å². The van der Waals surface area contributed by atoms with Crippen LogP contribution in [0.3, 0.4) is 0 Å². The molecule has 0 radical (unpaired) electrons. The third kappa shape index (κ3) is 18.8. The fourth-order valence-electron chi connectivity index (χ4n) is 8.60. The van der Waals surface area contributed by atoms with Gasteiger partial charge in [0.25, 0.3) is 5.78 Å². The van der Waals surface area contributed by atoms with E-state index in [2.05, 4.69) is 39.8 Å². The summed E-state index contributed by atoms with van der Waals surface area (Å²) in [4.78, 5) is 48.9. The number of aliphatic hydroxyl groups excluding tert-OH is 2. The zero-order valence-corrected chi connectivity index (χ0v) is 37.9. The second-order valence-electron chi connectivity index (χ2n) is 18.2. The van der Waals surface area contributed by atoms with Crippen LogP contribution < -0.4 is 0 Å². The van der Waals surface area contributed by atoms with E-state index in [-0.39, 0.29) is 66.4 Å². The number of ether oxygens (including phenoxy) is 3. The van der Waals surface area contributed by atoms with E-state index in [0.717, 1.165) is 75.4 Å². The number of allylic oxidation sites excluding steroid dienone is 7. The lowest BCUT2D eigenvalue weighted by molar-refractivity contribution is -0.261. The molecule has 1 aliphatic heterocycles. The zero-order valence-electron chi connectivity index (χ0n) is 37.9. The number of esters is 1. The molecule has 2 fully saturated rings. The summed E-state index contributed by atoms with van der Waals surface area (Å²) in [5.74, 6) is -2.82. The van der Waals surface area contributed by atoms with E-state index in [0.29, 0.717) is 38.0 Å². The number of rotatable bonds is 27. The van der Waals surface area contributed by atoms with Crippen LogP contribution in [0.1, 0.15) is 158 Å². The fraction of sp³-hybridized carbons (Fsp3) is 0.755. The van der Waals surface area contributed by atoms with E-state index in [1.807, 2.05) is 45.1 Å². The van der Waals surface area contributed by atoms with Gasteiger partial charge < -0.3 is 29.5 Å². The first-order chi connectivity index (χ1) is 27.9. The van der Waals surface area contributed by atoms with Crippen LogP contribution in [0, 0.1) is 35.5 Å². The minimum atomic E-state index is -2.03. The van der Waals surface area contributed by atoms with Crippen molar-refractivity contribution in [2.45, 2.75) is 194 Å². The monoisotopic (exact) mass is 829 g/mol. The standard InChI is InChI=1S/C49H80O10/c1-10-11-13-18-48(55)58-45(38(7)29-40-22-25-42(51)46(30-40)57-9)26-20-35(4)28-37(6)44(53)31-43(52)36(5)27-34(3)17-15-12-14-16-33(2)19-23-41-24-21-39(8)49(56,59-41)47(54)32-50/h12,14-17,28,32,34-36,38-42,44-46,51,53,56H,10-11,13,18-27,29-31H2,1-9H3/b14-12+,17-15+,33-16+,37-28+/t34-,35+,36-,38-,39-,40+,41-,42-,44+,45+,46-,49-/m1/s1. The van der Waals surface area contributed by atoms with E-state index in [1.165, 1.54) is 0 Å². The molecule has 0 amide bonds. The summed E-state index contributed by atoms with van der Waals surface area (Å²) in [5.41, 5.74) is 1.90. The lowest BCUT2D eigenvalue weighted by atomic mass is 9.78. The number of unbranched alkanes of at least 4 members (excludes halogenated alkanes) is 2. The van der Waals surface area contributed by atoms with Crippen LogP contribution in [0.5, 0.6) is 0 Å². The van der Waals surface area contributed by atoms with Gasteiger partial charge in [-0.15, -0.1) is 0 Å². The summed E-state index contributed by atoms with van der Waals surface area (Å²) in [6, 6.07) is 0. The van der Waals surface area contributed by atoms with Crippen LogP contribution in [0.4, 0.5) is 0 Å². The Morgan fingerprint density at radius 1 is 0.949 bits per heavy atom. The highest BCUT2D eigenvalue weighted by molar-refractivity contribution is 6.28. The molecule has 2 rings (SSSR count). The molecule has 59 heavy (non-hydrogen) atoms. The second-order valence-corrected chi connectivity index (χ2v) is 18.2. The Balaban J connectivity index is 1.84. The van der Waals surface area contributed by atoms with Crippen molar-refractivity contribution in [3.05, 3.63) is 47.6 Å². The Morgan fingerprint density at radius 2 is 1.68 bits per heavy atom. The van der Waals surface area contributed by atoms with E-state index < -0.39 is 29.7 Å². The van der Waals surface area contributed by atoms with Gasteiger partial charge in [-0.3, -0.25) is 19.2 Å². The Morgan fingerprint density at radius 3 is 2.36 bits per heavy atom. The van der Waals surface area contributed by atoms with Gasteiger partial charge in [-0.25, -0.2) is 0 Å². The van der Waals surface area contributed by atoms with Crippen molar-refractivity contribution >= 4 is 23.8 Å². The SMILES string of the molecule is CCCCCC(=O)O[C@@H](CC[C@H](C)/C=C(\C)[C@@H](O)CC(=O)[C@H](C)C[C@H](C)/C=C/C=C/C=C(\C)CC[C@@H]1CC[C@@H](C)[C@](O)(C(=O)C=O)O1)[C@H](C)C[C@@H]1CC[C@@H](O)[C@H](OC)C1. The molecule has 0 unspecified atom stereocenters. The van der Waals surface area contributed by atoms with Crippen LogP contribution >= 0.6 is 0 Å². The van der Waals surface area contributed by atoms with Gasteiger partial charge in [0, 0.05) is 31.8 Å². The number of methoxy groups -OCH3 is 1. The number of aliphatic hydroxyl groups is 3. The molecular weight excluding hydrogens is 749 g/mol. The molecule has 0 aromatic heterocycles. The molecule has 10 nitrogen and oxygen atoms in total. The van der Waals surface area contributed by atoms with Crippen molar-refractivity contribution in [1.29, 1.82) is 0 Å². The lowest BCUT2D eigenvalue weighted by Gasteiger charge is -2.39. The summed E-state index contributed by atoms with van der Waals surface area (Å²) in [7, 11) is 1.65. The number of carbonyl (C=O) groups excluding carboxylic acids is 4. The fourth-order valence-corrected chi connectivity index (χ4v) is 8.60. The molecule has 1 saturated heterocycles. The Bertz CT molecular complexity index is 1410. The minimum Gasteiger partial charge on any atom is -0.462 e. The van der Waals surface area contributed by atoms with Crippen molar-refractivity contribution < 1.29 is 48.7 Å². The number of hydrogen-bond acceptors (Lipinski definition) is 10. The van der Waals surface area contributed by atoms with Gasteiger partial charge in [-0.05, 0) is 120 Å². The van der Waals surface area contributed by atoms with Gasteiger partial charge in [-0.1, -0.05) is 96.4 Å². The van der Waals surface area contributed by atoms with Gasteiger partial charge >= 0.3 is 5.97 Å². The first-order valence-electron chi connectivity index (χ1n) is 22.6. The zero-order chi connectivity index (χ0) is 44.1. The normalized spacial score (nSPS) is 27.6. The third-order valence-electron chi connectivity index (χ3n) is 12.7. The first-order valence-corrected chi connectivity index (χ1v) is 22.6. The smallest absolute Gasteiger partial charge is 0.306 e. The quantitative estimate of drug-likeness (QED) is 0.0182. The largest absolute Gasteiger partial charge is 0.462 e. The summed E-state index contributed by atoms with van der Waals surface area (Å²) < 4.78 is 17.3. The van der Waals surface area contributed by atoms with Gasteiger partial charge in [0.1, 0.15) is 11.9 Å². The van der Waals surface area contributed by atoms with Gasteiger partial charge in [0.05, 0.1) is 24.4 Å². The molecule has 0 bridgehead atoms. The molecule has 1 saturated carbocycles. The van der Waals surface area contributed by atoms with Crippen LogP contribution in [0.15, 0.2) is 47.6 Å². The number of ketones is 2. The molecule has 1 aliphatic carbocycles. The molecule has 1 heterocycles. The summed E-state index contributed by atoms with van der Waals surface area (Å²) in [6.45, 7) is 16.0. The van der Waals surface area contributed by atoms with Crippen molar-refractivity contribution in [3.63, 3.8) is 0 Å². The predicted octanol–water partition coefficient (Wildman–Crippen LogP) is 9.14. The summed E-state index contributed by atoms with van der Waals surface area (Å²) >= 11 is 0. The van der Waals surface area contributed by atoms with Crippen LogP contribution in [-0.2, 0) is 33.4 Å². The molecular formula is C49H80O10. The highest BCUT2D eigenvalue weighted by Gasteiger charge is 2.47. The Hall–Kier alpha value is -2.76. The average Bonchev–Trinajstić information content (AvgIpc) is 3.19. The first kappa shape index (κ1) is 52.4. The maximum absolute atomic E-state index is 13.2. The molecule has 3 N–H and O–H groups in total. The molecule has 10 heteroatoms. The maximum Gasteiger partial charge on any atom is 0.306 e. The predicted molar refractivity (Wildman–Crippen MR) is 233 cm³/mol. The van der Waals surface area contributed by atoms with Crippen molar-refractivity contribution in [1.82, 2.24) is 0 Å². The third-order valence-corrected chi connectivity index (χ3v) is 12.7. The summed E-state index contributed by atoms with van der Waals surface area (Å²) in [5, 5.41) is 31.9. The van der Waals surface area contributed by atoms with E-state index in [9.17, 15) is 34.5 Å². The minimum absolute atomic E-state index is 0.0347. The van der Waals surface area contributed by atoms with Gasteiger partial charge in [-0.2, -0.15) is 0 Å². The lowest BCUT2D eigenvalue weighted by Crippen LogP contribution is -2.53. The topological polar surface area (TPSA) is 157 Å². The van der Waals surface area contributed by atoms with E-state index >= 15 is 0 Å². The number of Topliss-reactive ketones (excluding diaryl/α,β-unsaturated/α-hetero) is 2. The molecule has 12 atom stereocenters.